The van der Waals surface area contributed by atoms with Crippen molar-refractivity contribution < 1.29 is 9.21 Å². The lowest BCUT2D eigenvalue weighted by molar-refractivity contribution is 0.0907. The van der Waals surface area contributed by atoms with Gasteiger partial charge in [0.05, 0.1) is 18.2 Å². The standard InChI is InChI=1S/C21H23N3O2S/c1-15-10-11-18(26-15)21-23-17(14-27-21)13-20(25)24-12-6-5-9-19(24)22-16-7-3-2-4-8-16/h5-6,9-12,14,16H,2-4,7-8,13H2,1H3. The molecule has 0 bridgehead atoms. The molecule has 140 valence electrons. The van der Waals surface area contributed by atoms with E-state index in [0.717, 1.165) is 40.6 Å². The maximum atomic E-state index is 12.9. The summed E-state index contributed by atoms with van der Waals surface area (Å²) in [4.78, 5) is 22.3. The van der Waals surface area contributed by atoms with Crippen LogP contribution in [0.2, 0.25) is 0 Å². The number of thiazole rings is 1. The molecule has 1 fully saturated rings. The summed E-state index contributed by atoms with van der Waals surface area (Å²) in [6.45, 7) is 1.91. The molecule has 0 atom stereocenters. The maximum Gasteiger partial charge on any atom is 0.238 e. The molecule has 0 radical (unpaired) electrons. The topological polar surface area (TPSA) is 60.4 Å². The molecule has 27 heavy (non-hydrogen) atoms. The zero-order valence-corrected chi connectivity index (χ0v) is 16.2. The van der Waals surface area contributed by atoms with Crippen molar-refractivity contribution >= 4 is 17.2 Å². The summed E-state index contributed by atoms with van der Waals surface area (Å²) in [5, 5.41) is 2.73. The minimum Gasteiger partial charge on any atom is -0.459 e. The van der Waals surface area contributed by atoms with Gasteiger partial charge in [0.1, 0.15) is 11.2 Å². The number of rotatable bonds is 4. The lowest BCUT2D eigenvalue weighted by Gasteiger charge is -2.17. The number of carbonyl (C=O) groups is 1. The van der Waals surface area contributed by atoms with Crippen LogP contribution < -0.4 is 5.49 Å². The third-order valence-corrected chi connectivity index (χ3v) is 5.74. The highest BCUT2D eigenvalue weighted by Crippen LogP contribution is 2.25. The second-order valence-corrected chi connectivity index (χ2v) is 7.83. The van der Waals surface area contributed by atoms with Crippen LogP contribution in [0.3, 0.4) is 0 Å². The number of furan rings is 1. The number of nitrogens with zero attached hydrogens (tertiary/aromatic N) is 3. The fourth-order valence-corrected chi connectivity index (χ4v) is 4.22. The van der Waals surface area contributed by atoms with Crippen molar-refractivity contribution in [2.75, 3.05) is 0 Å². The van der Waals surface area contributed by atoms with E-state index in [2.05, 4.69) is 4.98 Å². The third kappa shape index (κ3) is 4.27. The molecule has 5 nitrogen and oxygen atoms in total. The molecule has 0 N–H and O–H groups in total. The molecule has 0 saturated heterocycles. The molecule has 1 aliphatic rings. The molecule has 0 amide bonds. The van der Waals surface area contributed by atoms with Crippen molar-refractivity contribution in [3.05, 3.63) is 58.9 Å². The zero-order chi connectivity index (χ0) is 18.6. The Morgan fingerprint density at radius 3 is 2.89 bits per heavy atom. The number of hydrogen-bond acceptors (Lipinski definition) is 5. The van der Waals surface area contributed by atoms with Crippen LogP contribution in [0.25, 0.3) is 10.8 Å². The van der Waals surface area contributed by atoms with Crippen molar-refractivity contribution in [1.29, 1.82) is 0 Å². The van der Waals surface area contributed by atoms with Gasteiger partial charge in [-0.1, -0.05) is 25.3 Å². The van der Waals surface area contributed by atoms with Crippen LogP contribution in [-0.2, 0) is 6.42 Å². The summed E-state index contributed by atoms with van der Waals surface area (Å²) in [5.41, 5.74) is 1.50. The van der Waals surface area contributed by atoms with E-state index in [1.165, 1.54) is 30.6 Å². The van der Waals surface area contributed by atoms with Gasteiger partial charge in [-0.15, -0.1) is 11.3 Å². The summed E-state index contributed by atoms with van der Waals surface area (Å²) in [6, 6.07) is 9.88. The van der Waals surface area contributed by atoms with Crippen LogP contribution in [0.15, 0.2) is 51.3 Å². The lowest BCUT2D eigenvalue weighted by Crippen LogP contribution is -2.29. The molecule has 0 aliphatic heterocycles. The van der Waals surface area contributed by atoms with Gasteiger partial charge in [-0.05, 0) is 44.0 Å². The summed E-state index contributed by atoms with van der Waals surface area (Å²) < 4.78 is 7.28. The second kappa shape index (κ2) is 8.05. The Morgan fingerprint density at radius 2 is 2.11 bits per heavy atom. The molecule has 0 aromatic carbocycles. The Morgan fingerprint density at radius 1 is 1.26 bits per heavy atom. The van der Waals surface area contributed by atoms with Gasteiger partial charge in [0.15, 0.2) is 10.8 Å². The maximum absolute atomic E-state index is 12.9. The van der Waals surface area contributed by atoms with Gasteiger partial charge in [-0.2, -0.15) is 0 Å². The molecular weight excluding hydrogens is 358 g/mol. The van der Waals surface area contributed by atoms with Crippen molar-refractivity contribution in [3.8, 4) is 10.8 Å². The number of aromatic nitrogens is 2. The highest BCUT2D eigenvalue weighted by Gasteiger charge is 2.15. The van der Waals surface area contributed by atoms with Crippen LogP contribution in [0.4, 0.5) is 0 Å². The average Bonchev–Trinajstić information content (AvgIpc) is 3.32. The van der Waals surface area contributed by atoms with Crippen molar-refractivity contribution in [1.82, 2.24) is 9.55 Å². The van der Waals surface area contributed by atoms with Crippen LogP contribution in [0.1, 0.15) is 48.4 Å². The molecule has 3 aromatic heterocycles. The van der Waals surface area contributed by atoms with E-state index in [1.54, 1.807) is 10.8 Å². The lowest BCUT2D eigenvalue weighted by atomic mass is 9.96. The minimum atomic E-state index is -0.0161. The molecule has 0 spiro atoms. The highest BCUT2D eigenvalue weighted by molar-refractivity contribution is 7.13. The van der Waals surface area contributed by atoms with E-state index in [0.29, 0.717) is 6.04 Å². The van der Waals surface area contributed by atoms with Crippen LogP contribution in [-0.4, -0.2) is 21.5 Å². The smallest absolute Gasteiger partial charge is 0.238 e. The predicted octanol–water partition coefficient (Wildman–Crippen LogP) is 4.63. The first-order chi connectivity index (χ1) is 13.2. The molecular formula is C21H23N3O2S. The Bertz CT molecular complexity index is 993. The number of aryl methyl sites for hydroxylation is 1. The first-order valence-electron chi connectivity index (χ1n) is 9.45. The minimum absolute atomic E-state index is 0.0161. The van der Waals surface area contributed by atoms with E-state index in [1.807, 2.05) is 42.6 Å². The number of hydrogen-bond donors (Lipinski definition) is 0. The second-order valence-electron chi connectivity index (χ2n) is 6.97. The molecule has 6 heteroatoms. The van der Waals surface area contributed by atoms with E-state index in [9.17, 15) is 4.79 Å². The quantitative estimate of drug-likeness (QED) is 0.662. The van der Waals surface area contributed by atoms with Gasteiger partial charge in [0.25, 0.3) is 0 Å². The van der Waals surface area contributed by atoms with E-state index < -0.39 is 0 Å². The summed E-state index contributed by atoms with van der Waals surface area (Å²) >= 11 is 1.50. The average molecular weight is 382 g/mol. The molecule has 4 rings (SSSR count). The van der Waals surface area contributed by atoms with E-state index in [4.69, 9.17) is 9.41 Å². The van der Waals surface area contributed by atoms with E-state index in [-0.39, 0.29) is 12.3 Å². The normalized spacial score (nSPS) is 16.0. The largest absolute Gasteiger partial charge is 0.459 e. The SMILES string of the molecule is Cc1ccc(-c2nc(CC(=O)n3ccccc3=NC3CCCCC3)cs2)o1. The van der Waals surface area contributed by atoms with Crippen LogP contribution in [0, 0.1) is 6.92 Å². The molecule has 1 aliphatic carbocycles. The monoisotopic (exact) mass is 381 g/mol. The molecule has 3 heterocycles. The fourth-order valence-electron chi connectivity index (χ4n) is 3.44. The van der Waals surface area contributed by atoms with Crippen LogP contribution >= 0.6 is 11.3 Å². The van der Waals surface area contributed by atoms with Gasteiger partial charge in [0, 0.05) is 11.6 Å². The van der Waals surface area contributed by atoms with Gasteiger partial charge in [-0.25, -0.2) is 4.98 Å². The first-order valence-corrected chi connectivity index (χ1v) is 10.3. The van der Waals surface area contributed by atoms with Gasteiger partial charge < -0.3 is 4.42 Å². The number of pyridine rings is 1. The Labute approximate surface area is 162 Å². The Hall–Kier alpha value is -2.47. The van der Waals surface area contributed by atoms with Gasteiger partial charge in [0.2, 0.25) is 5.91 Å². The zero-order valence-electron chi connectivity index (χ0n) is 15.4. The molecule has 3 aromatic rings. The van der Waals surface area contributed by atoms with Crippen molar-refractivity contribution in [2.45, 2.75) is 51.5 Å². The molecule has 0 unspecified atom stereocenters. The predicted molar refractivity (Wildman–Crippen MR) is 106 cm³/mol. The van der Waals surface area contributed by atoms with Gasteiger partial charge >= 0.3 is 0 Å². The third-order valence-electron chi connectivity index (χ3n) is 4.83. The number of carbonyl (C=O) groups excluding carboxylic acids is 1. The first kappa shape index (κ1) is 17.9. The summed E-state index contributed by atoms with van der Waals surface area (Å²) in [7, 11) is 0. The van der Waals surface area contributed by atoms with Gasteiger partial charge in [-0.3, -0.25) is 14.4 Å². The fraction of sp³-hybridized carbons (Fsp3) is 0.381. The van der Waals surface area contributed by atoms with Crippen LogP contribution in [0.5, 0.6) is 0 Å². The van der Waals surface area contributed by atoms with Crippen molar-refractivity contribution in [2.24, 2.45) is 4.99 Å². The molecule has 1 saturated carbocycles. The Kier molecular flexibility index (Phi) is 5.34. The van der Waals surface area contributed by atoms with Crippen molar-refractivity contribution in [3.63, 3.8) is 0 Å². The van der Waals surface area contributed by atoms with E-state index >= 15 is 0 Å². The highest BCUT2D eigenvalue weighted by atomic mass is 32.1. The Balaban J connectivity index is 1.54. The summed E-state index contributed by atoms with van der Waals surface area (Å²) in [6.07, 6.45) is 8.01. The summed E-state index contributed by atoms with van der Waals surface area (Å²) in [5.74, 6) is 1.58.